The minimum atomic E-state index is -0.506. The third-order valence-corrected chi connectivity index (χ3v) is 5.86. The van der Waals surface area contributed by atoms with Gasteiger partial charge < -0.3 is 10.2 Å². The molecular formula is C19H14ClFN6OS. The van der Waals surface area contributed by atoms with Crippen molar-refractivity contribution in [3.05, 3.63) is 59.8 Å². The topological polar surface area (TPSA) is 75.4 Å². The van der Waals surface area contributed by atoms with E-state index in [0.29, 0.717) is 23.8 Å². The molecule has 1 saturated heterocycles. The molecule has 0 bridgehead atoms. The van der Waals surface area contributed by atoms with Crippen molar-refractivity contribution in [3.63, 3.8) is 0 Å². The minimum absolute atomic E-state index is 0.00252. The zero-order valence-corrected chi connectivity index (χ0v) is 16.5. The SMILES string of the molecule is O=C1C(Nc2nn3cc(-c4cccnc4)nc3s2)CCN1c1ccc(F)c(Cl)c1. The van der Waals surface area contributed by atoms with E-state index in [2.05, 4.69) is 20.4 Å². The molecule has 146 valence electrons. The zero-order valence-electron chi connectivity index (χ0n) is 14.9. The van der Waals surface area contributed by atoms with Crippen molar-refractivity contribution in [2.24, 2.45) is 0 Å². The fraction of sp³-hybridized carbons (Fsp3) is 0.158. The van der Waals surface area contributed by atoms with Crippen molar-refractivity contribution >= 4 is 44.6 Å². The van der Waals surface area contributed by atoms with Crippen molar-refractivity contribution in [1.82, 2.24) is 19.6 Å². The summed E-state index contributed by atoms with van der Waals surface area (Å²) in [6.45, 7) is 0.520. The van der Waals surface area contributed by atoms with Gasteiger partial charge in [-0.2, -0.15) is 0 Å². The Morgan fingerprint density at radius 2 is 2.21 bits per heavy atom. The van der Waals surface area contributed by atoms with Crippen LogP contribution in [0.15, 0.2) is 48.9 Å². The standard InChI is InChI=1S/C19H14ClFN6OS/c20-13-8-12(3-4-14(13)21)26-7-5-15(17(26)28)23-18-25-27-10-16(24-19(27)29-18)11-2-1-6-22-9-11/h1-4,6,8-10,15H,5,7H2,(H,23,25). The van der Waals surface area contributed by atoms with Gasteiger partial charge in [-0.25, -0.2) is 13.9 Å². The van der Waals surface area contributed by atoms with Gasteiger partial charge in [0.25, 0.3) is 0 Å². The molecule has 0 aliphatic carbocycles. The predicted octanol–water partition coefficient (Wildman–Crippen LogP) is 3.86. The number of aromatic nitrogens is 4. The molecule has 5 rings (SSSR count). The molecule has 10 heteroatoms. The summed E-state index contributed by atoms with van der Waals surface area (Å²) in [7, 11) is 0. The summed E-state index contributed by atoms with van der Waals surface area (Å²) in [5.74, 6) is -0.606. The lowest BCUT2D eigenvalue weighted by Crippen LogP contribution is -2.33. The number of hydrogen-bond donors (Lipinski definition) is 1. The number of carbonyl (C=O) groups is 1. The molecule has 1 fully saturated rings. The van der Waals surface area contributed by atoms with E-state index in [0.717, 1.165) is 16.2 Å². The molecule has 1 atom stereocenters. The zero-order chi connectivity index (χ0) is 20.0. The molecule has 1 aliphatic rings. The molecule has 4 heterocycles. The first kappa shape index (κ1) is 18.0. The van der Waals surface area contributed by atoms with E-state index < -0.39 is 11.9 Å². The lowest BCUT2D eigenvalue weighted by atomic mass is 10.2. The van der Waals surface area contributed by atoms with Crippen molar-refractivity contribution in [1.29, 1.82) is 0 Å². The molecule has 0 radical (unpaired) electrons. The van der Waals surface area contributed by atoms with Crippen molar-refractivity contribution < 1.29 is 9.18 Å². The van der Waals surface area contributed by atoms with Crippen LogP contribution in [0, 0.1) is 5.82 Å². The Morgan fingerprint density at radius 1 is 1.31 bits per heavy atom. The molecule has 0 saturated carbocycles. The van der Waals surface area contributed by atoms with Crippen LogP contribution in [0.2, 0.25) is 5.02 Å². The van der Waals surface area contributed by atoms with Gasteiger partial charge in [0, 0.05) is 30.2 Å². The van der Waals surface area contributed by atoms with E-state index in [9.17, 15) is 9.18 Å². The summed E-state index contributed by atoms with van der Waals surface area (Å²) in [4.78, 5) is 23.8. The van der Waals surface area contributed by atoms with Gasteiger partial charge in [-0.05, 0) is 36.8 Å². The van der Waals surface area contributed by atoms with Crippen LogP contribution in [-0.2, 0) is 4.79 Å². The number of nitrogens with zero attached hydrogens (tertiary/aromatic N) is 5. The van der Waals surface area contributed by atoms with E-state index in [-0.39, 0.29) is 10.9 Å². The largest absolute Gasteiger partial charge is 0.348 e. The van der Waals surface area contributed by atoms with Crippen LogP contribution in [-0.4, -0.2) is 38.1 Å². The van der Waals surface area contributed by atoms with Gasteiger partial charge in [0.2, 0.25) is 16.0 Å². The van der Waals surface area contributed by atoms with Gasteiger partial charge in [-0.1, -0.05) is 22.9 Å². The van der Waals surface area contributed by atoms with Crippen LogP contribution in [0.25, 0.3) is 16.2 Å². The summed E-state index contributed by atoms with van der Waals surface area (Å²) in [6.07, 6.45) is 5.90. The number of pyridine rings is 1. The Balaban J connectivity index is 1.32. The number of anilines is 2. The maximum Gasteiger partial charge on any atom is 0.249 e. The van der Waals surface area contributed by atoms with Crippen molar-refractivity contribution in [2.45, 2.75) is 12.5 Å². The van der Waals surface area contributed by atoms with Gasteiger partial charge in [0.05, 0.1) is 16.9 Å². The number of amides is 1. The van der Waals surface area contributed by atoms with Crippen LogP contribution in [0.1, 0.15) is 6.42 Å². The van der Waals surface area contributed by atoms with Gasteiger partial charge in [-0.15, -0.1) is 5.10 Å². The molecular weight excluding hydrogens is 415 g/mol. The average Bonchev–Trinajstić information content (AvgIpc) is 3.39. The normalized spacial score (nSPS) is 16.7. The molecule has 1 unspecified atom stereocenters. The van der Waals surface area contributed by atoms with Crippen LogP contribution in [0.4, 0.5) is 15.2 Å². The lowest BCUT2D eigenvalue weighted by Gasteiger charge is -2.17. The van der Waals surface area contributed by atoms with Gasteiger partial charge in [0.1, 0.15) is 11.9 Å². The van der Waals surface area contributed by atoms with Gasteiger partial charge >= 0.3 is 0 Å². The maximum absolute atomic E-state index is 13.4. The van der Waals surface area contributed by atoms with E-state index in [4.69, 9.17) is 11.6 Å². The lowest BCUT2D eigenvalue weighted by molar-refractivity contribution is -0.117. The summed E-state index contributed by atoms with van der Waals surface area (Å²) in [6, 6.07) is 7.67. The predicted molar refractivity (Wildman–Crippen MR) is 110 cm³/mol. The molecule has 29 heavy (non-hydrogen) atoms. The summed E-state index contributed by atoms with van der Waals surface area (Å²) in [5.41, 5.74) is 2.29. The number of nitrogens with one attached hydrogen (secondary N) is 1. The highest BCUT2D eigenvalue weighted by Gasteiger charge is 2.33. The monoisotopic (exact) mass is 428 g/mol. The molecule has 1 N–H and O–H groups in total. The minimum Gasteiger partial charge on any atom is -0.348 e. The van der Waals surface area contributed by atoms with E-state index in [1.807, 2.05) is 18.3 Å². The summed E-state index contributed by atoms with van der Waals surface area (Å²) in [5, 5.41) is 8.28. The average molecular weight is 429 g/mol. The maximum atomic E-state index is 13.4. The Bertz CT molecular complexity index is 1180. The Hall–Kier alpha value is -3.04. The number of halogens is 2. The van der Waals surface area contributed by atoms with Gasteiger partial charge in [-0.3, -0.25) is 9.78 Å². The van der Waals surface area contributed by atoms with E-state index in [1.54, 1.807) is 27.9 Å². The molecule has 3 aromatic heterocycles. The number of rotatable bonds is 4. The van der Waals surface area contributed by atoms with E-state index >= 15 is 0 Å². The fourth-order valence-electron chi connectivity index (χ4n) is 3.28. The third-order valence-electron chi connectivity index (χ3n) is 4.72. The molecule has 0 spiro atoms. The molecule has 1 amide bonds. The highest BCUT2D eigenvalue weighted by Crippen LogP contribution is 2.29. The quantitative estimate of drug-likeness (QED) is 0.534. The van der Waals surface area contributed by atoms with Crippen LogP contribution in [0.5, 0.6) is 0 Å². The second-order valence-electron chi connectivity index (χ2n) is 6.58. The Labute approximate surface area is 173 Å². The van der Waals surface area contributed by atoms with Gasteiger partial charge in [0.15, 0.2) is 0 Å². The smallest absolute Gasteiger partial charge is 0.249 e. The second-order valence-corrected chi connectivity index (χ2v) is 7.94. The van der Waals surface area contributed by atoms with E-state index in [1.165, 1.54) is 23.5 Å². The Kier molecular flexibility index (Phi) is 4.40. The summed E-state index contributed by atoms with van der Waals surface area (Å²) < 4.78 is 15.1. The first-order chi connectivity index (χ1) is 14.1. The number of benzene rings is 1. The third kappa shape index (κ3) is 3.32. The highest BCUT2D eigenvalue weighted by atomic mass is 35.5. The van der Waals surface area contributed by atoms with Crippen molar-refractivity contribution in [2.75, 3.05) is 16.8 Å². The number of hydrogen-bond acceptors (Lipinski definition) is 6. The number of imidazole rings is 1. The number of fused-ring (bicyclic) bond motifs is 1. The van der Waals surface area contributed by atoms with Crippen LogP contribution >= 0.6 is 22.9 Å². The summed E-state index contributed by atoms with van der Waals surface area (Å²) >= 11 is 7.22. The first-order valence-corrected chi connectivity index (χ1v) is 10.1. The van der Waals surface area contributed by atoms with Crippen LogP contribution < -0.4 is 10.2 Å². The molecule has 4 aromatic rings. The second kappa shape index (κ2) is 7.09. The Morgan fingerprint density at radius 3 is 2.97 bits per heavy atom. The number of carbonyl (C=O) groups excluding carboxylic acids is 1. The first-order valence-electron chi connectivity index (χ1n) is 8.88. The highest BCUT2D eigenvalue weighted by molar-refractivity contribution is 7.20. The molecule has 7 nitrogen and oxygen atoms in total. The van der Waals surface area contributed by atoms with Crippen LogP contribution in [0.3, 0.4) is 0 Å². The van der Waals surface area contributed by atoms with Crippen molar-refractivity contribution in [3.8, 4) is 11.3 Å². The molecule has 1 aliphatic heterocycles. The molecule has 1 aromatic carbocycles. The fourth-order valence-corrected chi connectivity index (χ4v) is 4.29.